The van der Waals surface area contributed by atoms with E-state index in [1.165, 1.54) is 19.1 Å². The number of amides is 3. The van der Waals surface area contributed by atoms with Gasteiger partial charge in [-0.1, -0.05) is 6.07 Å². The number of benzene rings is 1. The molecule has 0 aromatic heterocycles. The Morgan fingerprint density at radius 2 is 1.88 bits per heavy atom. The lowest BCUT2D eigenvalue weighted by Gasteiger charge is -2.35. The van der Waals surface area contributed by atoms with Gasteiger partial charge >= 0.3 is 6.09 Å². The standard InChI is InChI=1S/C17H20N2O6/c1-23-13-5-3-4-12(15(13)24-2)16(21)18-8-6-11(7-9-18)19-14(20)10-25-17(19)22/h3-5,11H,6-10H2,1-2H3. The Morgan fingerprint density at radius 3 is 2.44 bits per heavy atom. The van der Waals surface area contributed by atoms with Crippen LogP contribution in [0.3, 0.4) is 0 Å². The summed E-state index contributed by atoms with van der Waals surface area (Å²) in [6, 6.07) is 4.93. The van der Waals surface area contributed by atoms with Crippen molar-refractivity contribution in [3.8, 4) is 11.5 Å². The second kappa shape index (κ2) is 7.00. The highest BCUT2D eigenvalue weighted by atomic mass is 16.6. The van der Waals surface area contributed by atoms with Crippen LogP contribution in [0.1, 0.15) is 23.2 Å². The van der Waals surface area contributed by atoms with Crippen LogP contribution < -0.4 is 9.47 Å². The van der Waals surface area contributed by atoms with Crippen LogP contribution in [0.15, 0.2) is 18.2 Å². The number of nitrogens with zero attached hydrogens (tertiary/aromatic N) is 2. The van der Waals surface area contributed by atoms with Crippen LogP contribution in [0, 0.1) is 0 Å². The molecule has 0 saturated carbocycles. The topological polar surface area (TPSA) is 85.4 Å². The minimum Gasteiger partial charge on any atom is -0.493 e. The molecule has 25 heavy (non-hydrogen) atoms. The molecule has 3 rings (SSSR count). The Balaban J connectivity index is 1.70. The van der Waals surface area contributed by atoms with E-state index < -0.39 is 6.09 Å². The zero-order valence-corrected chi connectivity index (χ0v) is 14.2. The lowest BCUT2D eigenvalue weighted by atomic mass is 10.0. The molecule has 1 aromatic carbocycles. The molecule has 2 aliphatic rings. The molecule has 0 aliphatic carbocycles. The molecule has 0 spiro atoms. The largest absolute Gasteiger partial charge is 0.493 e. The molecule has 3 amide bonds. The Morgan fingerprint density at radius 1 is 1.16 bits per heavy atom. The summed E-state index contributed by atoms with van der Waals surface area (Å²) in [6.45, 7) is 0.695. The molecule has 0 N–H and O–H groups in total. The number of piperidine rings is 1. The first-order chi connectivity index (χ1) is 12.1. The van der Waals surface area contributed by atoms with Crippen LogP contribution in [0.5, 0.6) is 11.5 Å². The Hall–Kier alpha value is -2.77. The zero-order chi connectivity index (χ0) is 18.0. The van der Waals surface area contributed by atoms with Crippen molar-refractivity contribution < 1.29 is 28.6 Å². The van der Waals surface area contributed by atoms with E-state index in [4.69, 9.17) is 14.2 Å². The predicted molar refractivity (Wildman–Crippen MR) is 86.7 cm³/mol. The fourth-order valence-electron chi connectivity index (χ4n) is 3.27. The van der Waals surface area contributed by atoms with Crippen LogP contribution in [-0.4, -0.2) is 67.7 Å². The maximum Gasteiger partial charge on any atom is 0.417 e. The molecule has 2 saturated heterocycles. The van der Waals surface area contributed by atoms with Gasteiger partial charge in [-0.05, 0) is 25.0 Å². The number of carbonyl (C=O) groups is 3. The van der Waals surface area contributed by atoms with Gasteiger partial charge in [0.05, 0.1) is 19.8 Å². The lowest BCUT2D eigenvalue weighted by Crippen LogP contribution is -2.48. The lowest BCUT2D eigenvalue weighted by molar-refractivity contribution is -0.127. The van der Waals surface area contributed by atoms with E-state index in [1.54, 1.807) is 23.1 Å². The molecular weight excluding hydrogens is 328 g/mol. The van der Waals surface area contributed by atoms with Gasteiger partial charge < -0.3 is 19.1 Å². The maximum atomic E-state index is 12.8. The molecule has 2 heterocycles. The molecule has 2 fully saturated rings. The van der Waals surface area contributed by atoms with Crippen molar-refractivity contribution >= 4 is 17.9 Å². The average Bonchev–Trinajstić information content (AvgIpc) is 2.98. The van der Waals surface area contributed by atoms with Gasteiger partial charge in [0.15, 0.2) is 18.1 Å². The number of hydrogen-bond donors (Lipinski definition) is 0. The number of hydrogen-bond acceptors (Lipinski definition) is 6. The first kappa shape index (κ1) is 17.1. The van der Waals surface area contributed by atoms with E-state index in [9.17, 15) is 14.4 Å². The van der Waals surface area contributed by atoms with Crippen LogP contribution >= 0.6 is 0 Å². The Bertz CT molecular complexity index is 680. The molecular formula is C17H20N2O6. The average molecular weight is 348 g/mol. The number of methoxy groups -OCH3 is 2. The van der Waals surface area contributed by atoms with Crippen molar-refractivity contribution in [2.24, 2.45) is 0 Å². The van der Waals surface area contributed by atoms with Gasteiger partial charge in [0.25, 0.3) is 11.8 Å². The van der Waals surface area contributed by atoms with Crippen LogP contribution in [0.25, 0.3) is 0 Å². The van der Waals surface area contributed by atoms with Crippen molar-refractivity contribution in [3.63, 3.8) is 0 Å². The quantitative estimate of drug-likeness (QED) is 0.815. The van der Waals surface area contributed by atoms with E-state index in [1.807, 2.05) is 0 Å². The number of ether oxygens (including phenoxy) is 3. The van der Waals surface area contributed by atoms with Gasteiger partial charge in [-0.3, -0.25) is 9.59 Å². The maximum absolute atomic E-state index is 12.8. The van der Waals surface area contributed by atoms with Crippen LogP contribution in [-0.2, 0) is 9.53 Å². The summed E-state index contributed by atoms with van der Waals surface area (Å²) in [5.74, 6) is 0.415. The summed E-state index contributed by atoms with van der Waals surface area (Å²) in [4.78, 5) is 39.1. The van der Waals surface area contributed by atoms with Crippen molar-refractivity contribution in [3.05, 3.63) is 23.8 Å². The Kier molecular flexibility index (Phi) is 4.78. The van der Waals surface area contributed by atoms with Crippen molar-refractivity contribution in [2.45, 2.75) is 18.9 Å². The molecule has 8 nitrogen and oxygen atoms in total. The van der Waals surface area contributed by atoms with Crippen LogP contribution in [0.2, 0.25) is 0 Å². The monoisotopic (exact) mass is 348 g/mol. The summed E-state index contributed by atoms with van der Waals surface area (Å²) < 4.78 is 15.3. The zero-order valence-electron chi connectivity index (χ0n) is 14.2. The van der Waals surface area contributed by atoms with Crippen LogP contribution in [0.4, 0.5) is 4.79 Å². The molecule has 8 heteroatoms. The SMILES string of the molecule is COc1cccc(C(=O)N2CCC(N3C(=O)COC3=O)CC2)c1OC. The third-order valence-electron chi connectivity index (χ3n) is 4.53. The summed E-state index contributed by atoms with van der Waals surface area (Å²) in [7, 11) is 3.01. The smallest absolute Gasteiger partial charge is 0.417 e. The van der Waals surface area contributed by atoms with Gasteiger partial charge in [-0.25, -0.2) is 9.69 Å². The summed E-state index contributed by atoms with van der Waals surface area (Å²) in [5.41, 5.74) is 0.428. The second-order valence-corrected chi connectivity index (χ2v) is 5.88. The normalized spacial score (nSPS) is 18.3. The third-order valence-corrected chi connectivity index (χ3v) is 4.53. The van der Waals surface area contributed by atoms with Gasteiger partial charge in [0, 0.05) is 19.1 Å². The third kappa shape index (κ3) is 3.11. The highest BCUT2D eigenvalue weighted by molar-refractivity contribution is 5.99. The minimum absolute atomic E-state index is 0.162. The number of para-hydroxylation sites is 1. The van der Waals surface area contributed by atoms with E-state index in [0.717, 1.165) is 0 Å². The molecule has 0 radical (unpaired) electrons. The highest BCUT2D eigenvalue weighted by Crippen LogP contribution is 2.32. The minimum atomic E-state index is -0.593. The molecule has 2 aliphatic heterocycles. The van der Waals surface area contributed by atoms with Crippen molar-refractivity contribution in [1.29, 1.82) is 0 Å². The molecule has 0 atom stereocenters. The number of carbonyl (C=O) groups excluding carboxylic acids is 3. The van der Waals surface area contributed by atoms with Gasteiger partial charge in [0.1, 0.15) is 0 Å². The van der Waals surface area contributed by atoms with Gasteiger partial charge in [-0.15, -0.1) is 0 Å². The van der Waals surface area contributed by atoms with E-state index in [2.05, 4.69) is 0 Å². The van der Waals surface area contributed by atoms with Gasteiger partial charge in [-0.2, -0.15) is 0 Å². The summed E-state index contributed by atoms with van der Waals surface area (Å²) >= 11 is 0. The van der Waals surface area contributed by atoms with E-state index in [0.29, 0.717) is 43.0 Å². The summed E-state index contributed by atoms with van der Waals surface area (Å²) in [5, 5.41) is 0. The number of likely N-dealkylation sites (tertiary alicyclic amines) is 1. The first-order valence-corrected chi connectivity index (χ1v) is 8.06. The molecule has 134 valence electrons. The predicted octanol–water partition coefficient (Wildman–Crippen LogP) is 1.29. The van der Waals surface area contributed by atoms with Gasteiger partial charge in [0.2, 0.25) is 0 Å². The number of cyclic esters (lactones) is 1. The number of rotatable bonds is 4. The second-order valence-electron chi connectivity index (χ2n) is 5.88. The van der Waals surface area contributed by atoms with Crippen molar-refractivity contribution in [1.82, 2.24) is 9.80 Å². The molecule has 0 unspecified atom stereocenters. The van der Waals surface area contributed by atoms with Crippen molar-refractivity contribution in [2.75, 3.05) is 33.9 Å². The fourth-order valence-corrected chi connectivity index (χ4v) is 3.27. The van der Waals surface area contributed by atoms with E-state index >= 15 is 0 Å². The first-order valence-electron chi connectivity index (χ1n) is 8.06. The highest BCUT2D eigenvalue weighted by Gasteiger charge is 2.39. The fraction of sp³-hybridized carbons (Fsp3) is 0.471. The van der Waals surface area contributed by atoms with E-state index in [-0.39, 0.29) is 24.5 Å². The summed E-state index contributed by atoms with van der Waals surface area (Å²) in [6.07, 6.45) is 0.460. The molecule has 0 bridgehead atoms. The Labute approximate surface area is 145 Å². The number of imide groups is 1. The molecule has 1 aromatic rings.